The van der Waals surface area contributed by atoms with E-state index in [9.17, 15) is 0 Å². The number of rotatable bonds is 2. The van der Waals surface area contributed by atoms with Gasteiger partial charge in [-0.2, -0.15) is 0 Å². The molecule has 0 spiro atoms. The molecule has 0 bridgehead atoms. The van der Waals surface area contributed by atoms with Crippen molar-refractivity contribution >= 4 is 5.69 Å². The standard InChI is InChI=1S/C12H18N2O/c1-9-7-11(13)12(14-8-9)15-10-5-3-2-4-6-10/h7-8,10H,2-6,13H2,1H3. The van der Waals surface area contributed by atoms with Crippen molar-refractivity contribution in [3.63, 3.8) is 0 Å². The largest absolute Gasteiger partial charge is 0.473 e. The summed E-state index contributed by atoms with van der Waals surface area (Å²) < 4.78 is 5.80. The van der Waals surface area contributed by atoms with Gasteiger partial charge in [-0.15, -0.1) is 0 Å². The summed E-state index contributed by atoms with van der Waals surface area (Å²) in [6.45, 7) is 1.98. The van der Waals surface area contributed by atoms with E-state index in [-0.39, 0.29) is 0 Å². The van der Waals surface area contributed by atoms with Gasteiger partial charge in [-0.1, -0.05) is 6.42 Å². The number of ether oxygens (including phenoxy) is 1. The quantitative estimate of drug-likeness (QED) is 0.809. The minimum absolute atomic E-state index is 0.316. The highest BCUT2D eigenvalue weighted by molar-refractivity contribution is 5.49. The Morgan fingerprint density at radius 3 is 2.73 bits per heavy atom. The molecule has 0 atom stereocenters. The van der Waals surface area contributed by atoms with Crippen LogP contribution in [0, 0.1) is 6.92 Å². The third-order valence-electron chi connectivity index (χ3n) is 2.85. The first-order chi connectivity index (χ1) is 7.25. The van der Waals surface area contributed by atoms with Crippen LogP contribution in [0.2, 0.25) is 0 Å². The molecule has 3 nitrogen and oxygen atoms in total. The van der Waals surface area contributed by atoms with E-state index in [1.165, 1.54) is 19.3 Å². The first-order valence-electron chi connectivity index (χ1n) is 5.64. The van der Waals surface area contributed by atoms with Gasteiger partial charge >= 0.3 is 0 Å². The summed E-state index contributed by atoms with van der Waals surface area (Å²) in [7, 11) is 0. The van der Waals surface area contributed by atoms with Crippen molar-refractivity contribution in [2.45, 2.75) is 45.1 Å². The Morgan fingerprint density at radius 1 is 1.33 bits per heavy atom. The normalized spacial score (nSPS) is 17.7. The Balaban J connectivity index is 2.03. The molecule has 1 aliphatic carbocycles. The number of hydrogen-bond acceptors (Lipinski definition) is 3. The molecular formula is C12H18N2O. The van der Waals surface area contributed by atoms with Crippen molar-refractivity contribution in [3.05, 3.63) is 17.8 Å². The Kier molecular flexibility index (Phi) is 3.09. The van der Waals surface area contributed by atoms with Gasteiger partial charge in [0.05, 0.1) is 5.69 Å². The Hall–Kier alpha value is -1.25. The second-order valence-electron chi connectivity index (χ2n) is 4.28. The first kappa shape index (κ1) is 10.3. The van der Waals surface area contributed by atoms with Crippen LogP contribution in [0.5, 0.6) is 5.88 Å². The highest BCUT2D eigenvalue weighted by Crippen LogP contribution is 2.25. The molecule has 1 fully saturated rings. The summed E-state index contributed by atoms with van der Waals surface area (Å²) in [6, 6.07) is 1.91. The van der Waals surface area contributed by atoms with Crippen LogP contribution in [0.15, 0.2) is 12.3 Å². The number of hydrogen-bond donors (Lipinski definition) is 1. The molecule has 2 N–H and O–H groups in total. The minimum atomic E-state index is 0.316. The second-order valence-corrected chi connectivity index (χ2v) is 4.28. The first-order valence-corrected chi connectivity index (χ1v) is 5.64. The fourth-order valence-corrected chi connectivity index (χ4v) is 2.02. The summed E-state index contributed by atoms with van der Waals surface area (Å²) in [4.78, 5) is 4.22. The Bertz CT molecular complexity index is 332. The van der Waals surface area contributed by atoms with E-state index in [0.29, 0.717) is 17.7 Å². The van der Waals surface area contributed by atoms with Crippen LogP contribution in [0.3, 0.4) is 0 Å². The number of nitrogens with zero attached hydrogens (tertiary/aromatic N) is 1. The average Bonchev–Trinajstić information content (AvgIpc) is 2.24. The molecule has 0 aliphatic heterocycles. The fraction of sp³-hybridized carbons (Fsp3) is 0.583. The lowest BCUT2D eigenvalue weighted by atomic mass is 9.98. The van der Waals surface area contributed by atoms with Crippen molar-refractivity contribution in [1.29, 1.82) is 0 Å². The molecule has 1 saturated carbocycles. The lowest BCUT2D eigenvalue weighted by Crippen LogP contribution is -2.20. The summed E-state index contributed by atoms with van der Waals surface area (Å²) in [5.41, 5.74) is 7.58. The van der Waals surface area contributed by atoms with Gasteiger partial charge in [-0.3, -0.25) is 0 Å². The number of nitrogen functional groups attached to an aromatic ring is 1. The van der Waals surface area contributed by atoms with E-state index < -0.39 is 0 Å². The third kappa shape index (κ3) is 2.61. The molecule has 0 unspecified atom stereocenters. The van der Waals surface area contributed by atoms with Crippen molar-refractivity contribution in [2.24, 2.45) is 0 Å². The van der Waals surface area contributed by atoms with E-state index in [0.717, 1.165) is 18.4 Å². The number of pyridine rings is 1. The molecule has 0 saturated heterocycles. The van der Waals surface area contributed by atoms with Gasteiger partial charge in [0.15, 0.2) is 0 Å². The van der Waals surface area contributed by atoms with Crippen molar-refractivity contribution in [2.75, 3.05) is 5.73 Å². The molecule has 15 heavy (non-hydrogen) atoms. The van der Waals surface area contributed by atoms with Crippen LogP contribution in [-0.4, -0.2) is 11.1 Å². The lowest BCUT2D eigenvalue weighted by Gasteiger charge is -2.22. The monoisotopic (exact) mass is 206 g/mol. The maximum absolute atomic E-state index is 5.85. The smallest absolute Gasteiger partial charge is 0.237 e. The predicted octanol–water partition coefficient (Wildman–Crippen LogP) is 2.68. The highest BCUT2D eigenvalue weighted by Gasteiger charge is 2.16. The molecule has 1 aromatic heterocycles. The van der Waals surface area contributed by atoms with E-state index in [1.807, 2.05) is 13.0 Å². The van der Waals surface area contributed by atoms with Gasteiger partial charge in [-0.05, 0) is 44.2 Å². The summed E-state index contributed by atoms with van der Waals surface area (Å²) in [6.07, 6.45) is 8.23. The SMILES string of the molecule is Cc1cnc(OC2CCCCC2)c(N)c1. The van der Waals surface area contributed by atoms with Crippen LogP contribution >= 0.6 is 0 Å². The van der Waals surface area contributed by atoms with Gasteiger partial charge in [0, 0.05) is 6.20 Å². The number of aromatic nitrogens is 1. The fourth-order valence-electron chi connectivity index (χ4n) is 2.02. The number of anilines is 1. The maximum atomic E-state index is 5.85. The Labute approximate surface area is 90.7 Å². The van der Waals surface area contributed by atoms with Crippen LogP contribution in [0.1, 0.15) is 37.7 Å². The molecule has 1 aromatic rings. The zero-order chi connectivity index (χ0) is 10.7. The zero-order valence-electron chi connectivity index (χ0n) is 9.20. The third-order valence-corrected chi connectivity index (χ3v) is 2.85. The molecule has 82 valence electrons. The second kappa shape index (κ2) is 4.51. The molecule has 1 aliphatic rings. The van der Waals surface area contributed by atoms with Crippen molar-refractivity contribution < 1.29 is 4.74 Å². The number of nitrogens with two attached hydrogens (primary N) is 1. The van der Waals surface area contributed by atoms with Gasteiger partial charge in [0.25, 0.3) is 0 Å². The van der Waals surface area contributed by atoms with Crippen LogP contribution in [0.4, 0.5) is 5.69 Å². The van der Waals surface area contributed by atoms with Gasteiger partial charge in [0.2, 0.25) is 5.88 Å². The molecule has 1 heterocycles. The van der Waals surface area contributed by atoms with Gasteiger partial charge < -0.3 is 10.5 Å². The molecular weight excluding hydrogens is 188 g/mol. The van der Waals surface area contributed by atoms with Crippen LogP contribution < -0.4 is 10.5 Å². The minimum Gasteiger partial charge on any atom is -0.473 e. The molecule has 3 heteroatoms. The van der Waals surface area contributed by atoms with Crippen LogP contribution in [-0.2, 0) is 0 Å². The number of aryl methyl sites for hydroxylation is 1. The topological polar surface area (TPSA) is 48.1 Å². The van der Waals surface area contributed by atoms with Crippen molar-refractivity contribution in [3.8, 4) is 5.88 Å². The molecule has 0 amide bonds. The Morgan fingerprint density at radius 2 is 2.07 bits per heavy atom. The summed E-state index contributed by atoms with van der Waals surface area (Å²) in [5, 5.41) is 0. The lowest BCUT2D eigenvalue weighted by molar-refractivity contribution is 0.149. The van der Waals surface area contributed by atoms with E-state index in [4.69, 9.17) is 10.5 Å². The molecule has 0 aromatic carbocycles. The van der Waals surface area contributed by atoms with Crippen molar-refractivity contribution in [1.82, 2.24) is 4.98 Å². The zero-order valence-corrected chi connectivity index (χ0v) is 9.20. The average molecular weight is 206 g/mol. The van der Waals surface area contributed by atoms with Gasteiger partial charge in [-0.25, -0.2) is 4.98 Å². The van der Waals surface area contributed by atoms with E-state index >= 15 is 0 Å². The van der Waals surface area contributed by atoms with E-state index in [2.05, 4.69) is 4.98 Å². The van der Waals surface area contributed by atoms with Crippen LogP contribution in [0.25, 0.3) is 0 Å². The highest BCUT2D eigenvalue weighted by atomic mass is 16.5. The summed E-state index contributed by atoms with van der Waals surface area (Å²) in [5.74, 6) is 0.604. The predicted molar refractivity (Wildman–Crippen MR) is 60.9 cm³/mol. The molecule has 2 rings (SSSR count). The molecule has 0 radical (unpaired) electrons. The summed E-state index contributed by atoms with van der Waals surface area (Å²) >= 11 is 0. The van der Waals surface area contributed by atoms with E-state index in [1.54, 1.807) is 6.20 Å². The maximum Gasteiger partial charge on any atom is 0.237 e. The van der Waals surface area contributed by atoms with Gasteiger partial charge in [0.1, 0.15) is 6.10 Å².